The lowest BCUT2D eigenvalue weighted by molar-refractivity contribution is 0.667. The lowest BCUT2D eigenvalue weighted by Gasteiger charge is -2.09. The third-order valence-corrected chi connectivity index (χ3v) is 9.39. The Morgan fingerprint density at radius 3 is 1.96 bits per heavy atom. The molecule has 4 nitrogen and oxygen atoms in total. The monoisotopic (exact) mass is 614 g/mol. The largest absolute Gasteiger partial charge is 0.455 e. The average Bonchev–Trinajstić information content (AvgIpc) is 3.74. The predicted octanol–water partition coefficient (Wildman–Crippen LogP) is 12.1. The van der Waals surface area contributed by atoms with Crippen LogP contribution in [0, 0.1) is 0 Å². The number of para-hydroxylation sites is 1. The number of hydrogen-bond acceptors (Lipinski definition) is 4. The summed E-state index contributed by atoms with van der Waals surface area (Å²) in [5.41, 5.74) is 12.6. The van der Waals surface area contributed by atoms with Gasteiger partial charge in [-0.15, -0.1) is 0 Å². The van der Waals surface area contributed by atoms with Crippen molar-refractivity contribution in [2.45, 2.75) is 0 Å². The van der Waals surface area contributed by atoms with Gasteiger partial charge in [-0.1, -0.05) is 121 Å². The molecule has 0 aliphatic rings. The smallest absolute Gasteiger partial charge is 0.180 e. The van der Waals surface area contributed by atoms with E-state index in [1.54, 1.807) is 6.33 Å². The Hall–Kier alpha value is -6.52. The molecule has 48 heavy (non-hydrogen) atoms. The Morgan fingerprint density at radius 2 is 1.06 bits per heavy atom. The second kappa shape index (κ2) is 10.5. The molecule has 3 aromatic heterocycles. The SMILES string of the molecule is c1ccc(-c2ccc3oc4c(-c5cccc(-c6cccc(-c7ncnc8c7oc7ccc9ccccc9c78)c6)c5)cccc4c3c2)cc1. The molecule has 0 saturated heterocycles. The zero-order valence-corrected chi connectivity index (χ0v) is 25.7. The zero-order valence-electron chi connectivity index (χ0n) is 25.7. The quantitative estimate of drug-likeness (QED) is 0.198. The number of benzene rings is 7. The van der Waals surface area contributed by atoms with Crippen LogP contribution in [0.3, 0.4) is 0 Å². The first-order valence-electron chi connectivity index (χ1n) is 16.1. The van der Waals surface area contributed by atoms with Crippen LogP contribution in [0.1, 0.15) is 0 Å². The first kappa shape index (κ1) is 26.7. The maximum absolute atomic E-state index is 6.52. The molecule has 0 spiro atoms. The summed E-state index contributed by atoms with van der Waals surface area (Å²) in [7, 11) is 0. The second-order valence-corrected chi connectivity index (χ2v) is 12.2. The minimum atomic E-state index is 0.696. The Kier molecular flexibility index (Phi) is 5.84. The van der Waals surface area contributed by atoms with E-state index in [4.69, 9.17) is 13.8 Å². The normalized spacial score (nSPS) is 11.8. The molecule has 0 radical (unpaired) electrons. The van der Waals surface area contributed by atoms with Crippen LogP contribution < -0.4 is 0 Å². The van der Waals surface area contributed by atoms with Crippen LogP contribution in [0.25, 0.3) is 99.4 Å². The van der Waals surface area contributed by atoms with E-state index < -0.39 is 0 Å². The maximum Gasteiger partial charge on any atom is 0.180 e. The first-order chi connectivity index (χ1) is 23.8. The topological polar surface area (TPSA) is 52.1 Å². The van der Waals surface area contributed by atoms with Crippen LogP contribution in [0.2, 0.25) is 0 Å². The molecule has 10 aromatic rings. The number of nitrogens with zero attached hydrogens (tertiary/aromatic N) is 2. The Labute approximate surface area is 275 Å². The summed E-state index contributed by atoms with van der Waals surface area (Å²) in [6.45, 7) is 0. The average molecular weight is 615 g/mol. The van der Waals surface area contributed by atoms with Gasteiger partial charge in [0.15, 0.2) is 5.58 Å². The maximum atomic E-state index is 6.52. The van der Waals surface area contributed by atoms with Crippen LogP contribution in [0.15, 0.2) is 167 Å². The van der Waals surface area contributed by atoms with Gasteiger partial charge in [-0.05, 0) is 68.9 Å². The lowest BCUT2D eigenvalue weighted by atomic mass is 9.96. The molecule has 3 heterocycles. The second-order valence-electron chi connectivity index (χ2n) is 12.2. The Balaban J connectivity index is 1.07. The number of aromatic nitrogens is 2. The molecule has 4 heteroatoms. The van der Waals surface area contributed by atoms with Crippen LogP contribution in [-0.2, 0) is 0 Å². The predicted molar refractivity (Wildman–Crippen MR) is 196 cm³/mol. The molecule has 7 aromatic carbocycles. The van der Waals surface area contributed by atoms with Crippen LogP contribution in [-0.4, -0.2) is 9.97 Å². The lowest BCUT2D eigenvalue weighted by Crippen LogP contribution is -1.88. The molecule has 0 amide bonds. The van der Waals surface area contributed by atoms with Crippen molar-refractivity contribution in [3.63, 3.8) is 0 Å². The van der Waals surface area contributed by atoms with Crippen molar-refractivity contribution in [1.82, 2.24) is 9.97 Å². The molecular weight excluding hydrogens is 588 g/mol. The summed E-state index contributed by atoms with van der Waals surface area (Å²) in [5.74, 6) is 0. The fraction of sp³-hybridized carbons (Fsp3) is 0. The highest BCUT2D eigenvalue weighted by Crippen LogP contribution is 2.40. The van der Waals surface area contributed by atoms with Gasteiger partial charge in [0, 0.05) is 21.9 Å². The van der Waals surface area contributed by atoms with E-state index in [0.29, 0.717) is 5.58 Å². The van der Waals surface area contributed by atoms with Gasteiger partial charge in [-0.3, -0.25) is 0 Å². The van der Waals surface area contributed by atoms with E-state index in [1.807, 2.05) is 12.1 Å². The first-order valence-corrected chi connectivity index (χ1v) is 16.1. The molecule has 10 rings (SSSR count). The van der Waals surface area contributed by atoms with E-state index in [2.05, 4.69) is 145 Å². The number of rotatable bonds is 4. The zero-order chi connectivity index (χ0) is 31.6. The molecule has 0 unspecified atom stereocenters. The Bertz CT molecular complexity index is 2850. The van der Waals surface area contributed by atoms with Crippen molar-refractivity contribution in [1.29, 1.82) is 0 Å². The molecule has 0 saturated carbocycles. The number of fused-ring (bicyclic) bond motifs is 8. The summed E-state index contributed by atoms with van der Waals surface area (Å²) < 4.78 is 13.0. The third kappa shape index (κ3) is 4.16. The van der Waals surface area contributed by atoms with Crippen LogP contribution in [0.5, 0.6) is 0 Å². The van der Waals surface area contributed by atoms with Gasteiger partial charge in [0.1, 0.15) is 34.3 Å². The minimum absolute atomic E-state index is 0.696. The fourth-order valence-corrected chi connectivity index (χ4v) is 7.09. The van der Waals surface area contributed by atoms with Crippen LogP contribution in [0.4, 0.5) is 0 Å². The highest BCUT2D eigenvalue weighted by atomic mass is 16.3. The summed E-state index contributed by atoms with van der Waals surface area (Å²) >= 11 is 0. The van der Waals surface area contributed by atoms with Crippen molar-refractivity contribution in [3.8, 4) is 44.6 Å². The van der Waals surface area contributed by atoms with Gasteiger partial charge >= 0.3 is 0 Å². The van der Waals surface area contributed by atoms with E-state index >= 15 is 0 Å². The summed E-state index contributed by atoms with van der Waals surface area (Å²) in [6, 6.07) is 52.9. The van der Waals surface area contributed by atoms with E-state index in [0.717, 1.165) is 82.7 Å². The van der Waals surface area contributed by atoms with Crippen molar-refractivity contribution in [3.05, 3.63) is 158 Å². The van der Waals surface area contributed by atoms with Gasteiger partial charge in [0.05, 0.1) is 5.39 Å². The van der Waals surface area contributed by atoms with Gasteiger partial charge in [0.2, 0.25) is 0 Å². The van der Waals surface area contributed by atoms with E-state index in [-0.39, 0.29) is 0 Å². The summed E-state index contributed by atoms with van der Waals surface area (Å²) in [5, 5.41) is 5.53. The van der Waals surface area contributed by atoms with E-state index in [9.17, 15) is 0 Å². The molecule has 0 aliphatic heterocycles. The highest BCUT2D eigenvalue weighted by Gasteiger charge is 2.18. The number of furan rings is 2. The van der Waals surface area contributed by atoms with Crippen molar-refractivity contribution in [2.75, 3.05) is 0 Å². The fourth-order valence-electron chi connectivity index (χ4n) is 7.09. The van der Waals surface area contributed by atoms with Crippen molar-refractivity contribution >= 4 is 54.8 Å². The molecule has 0 atom stereocenters. The minimum Gasteiger partial charge on any atom is -0.455 e. The van der Waals surface area contributed by atoms with Gasteiger partial charge in [-0.2, -0.15) is 0 Å². The molecule has 0 aliphatic carbocycles. The van der Waals surface area contributed by atoms with Gasteiger partial charge in [0.25, 0.3) is 0 Å². The van der Waals surface area contributed by atoms with Gasteiger partial charge < -0.3 is 8.83 Å². The molecule has 224 valence electrons. The molecule has 0 N–H and O–H groups in total. The standard InChI is InChI=1S/C44H26N2O2/c1-2-9-27(10-3-1)31-20-21-38-37(25-31)36-18-8-17-35(43(36)47-38)32-14-6-12-29(23-32)30-13-7-15-33(24-30)41-44-42(46-26-45-41)40-34-16-5-4-11-28(34)19-22-39(40)48-44/h1-26H. The Morgan fingerprint density at radius 1 is 0.396 bits per heavy atom. The summed E-state index contributed by atoms with van der Waals surface area (Å²) in [4.78, 5) is 9.39. The molecule has 0 fully saturated rings. The van der Waals surface area contributed by atoms with E-state index in [1.165, 1.54) is 11.1 Å². The molecular formula is C44H26N2O2. The summed E-state index contributed by atoms with van der Waals surface area (Å²) in [6.07, 6.45) is 1.64. The third-order valence-electron chi connectivity index (χ3n) is 9.39. The number of hydrogen-bond donors (Lipinski definition) is 0. The van der Waals surface area contributed by atoms with Crippen molar-refractivity contribution < 1.29 is 8.83 Å². The van der Waals surface area contributed by atoms with Gasteiger partial charge in [-0.25, -0.2) is 9.97 Å². The van der Waals surface area contributed by atoms with Crippen molar-refractivity contribution in [2.24, 2.45) is 0 Å². The molecule has 0 bridgehead atoms. The highest BCUT2D eigenvalue weighted by molar-refractivity contribution is 6.19. The van der Waals surface area contributed by atoms with Crippen LogP contribution >= 0.6 is 0 Å².